The summed E-state index contributed by atoms with van der Waals surface area (Å²) >= 11 is 0. The lowest BCUT2D eigenvalue weighted by molar-refractivity contribution is 0.0730. The zero-order valence-corrected chi connectivity index (χ0v) is 19.2. The summed E-state index contributed by atoms with van der Waals surface area (Å²) in [4.78, 5) is 12.9. The number of morpholine rings is 1. The molecule has 1 fully saturated rings. The second-order valence-corrected chi connectivity index (χ2v) is 9.56. The van der Waals surface area contributed by atoms with Gasteiger partial charge in [-0.15, -0.1) is 0 Å². The van der Waals surface area contributed by atoms with E-state index in [1.165, 1.54) is 16.4 Å². The van der Waals surface area contributed by atoms with Gasteiger partial charge in [0.2, 0.25) is 10.0 Å². The lowest BCUT2D eigenvalue weighted by Gasteiger charge is -2.26. The minimum absolute atomic E-state index is 0.124. The van der Waals surface area contributed by atoms with Gasteiger partial charge in [0.15, 0.2) is 0 Å². The molecule has 1 aliphatic rings. The molecule has 0 radical (unpaired) electrons. The summed E-state index contributed by atoms with van der Waals surface area (Å²) in [5, 5.41) is 6.67. The fourth-order valence-corrected chi connectivity index (χ4v) is 4.92. The number of hydrogen-bond acceptors (Lipinski definition) is 7. The summed E-state index contributed by atoms with van der Waals surface area (Å²) in [5.41, 5.74) is 2.39. The van der Waals surface area contributed by atoms with Crippen molar-refractivity contribution in [3.05, 3.63) is 71.1 Å². The number of ether oxygens (including phenoxy) is 2. The van der Waals surface area contributed by atoms with E-state index in [0.717, 1.165) is 11.3 Å². The van der Waals surface area contributed by atoms with Crippen LogP contribution >= 0.6 is 0 Å². The molecular weight excluding hydrogens is 446 g/mol. The van der Waals surface area contributed by atoms with Gasteiger partial charge < -0.3 is 19.3 Å². The third kappa shape index (κ3) is 5.24. The van der Waals surface area contributed by atoms with Crippen LogP contribution in [0.1, 0.15) is 27.4 Å². The second-order valence-electron chi connectivity index (χ2n) is 7.62. The zero-order chi connectivity index (χ0) is 23.4. The molecule has 0 bridgehead atoms. The van der Waals surface area contributed by atoms with Crippen molar-refractivity contribution in [2.45, 2.75) is 25.3 Å². The van der Waals surface area contributed by atoms with Crippen molar-refractivity contribution >= 4 is 21.6 Å². The SMILES string of the molecule is Cc1noc(C)c1COc1cccc(C(=O)Nc2cccc(S(=O)(=O)N3CCOCC3)c2)c1. The number of anilines is 1. The van der Waals surface area contributed by atoms with Crippen molar-refractivity contribution in [2.24, 2.45) is 0 Å². The molecule has 0 saturated carbocycles. The first kappa shape index (κ1) is 23.0. The molecule has 10 heteroatoms. The molecular formula is C23H25N3O6S. The van der Waals surface area contributed by atoms with Crippen LogP contribution < -0.4 is 10.1 Å². The fourth-order valence-electron chi connectivity index (χ4n) is 3.46. The lowest BCUT2D eigenvalue weighted by atomic mass is 10.2. The van der Waals surface area contributed by atoms with Crippen LogP contribution in [0.25, 0.3) is 0 Å². The van der Waals surface area contributed by atoms with Crippen LogP contribution in [0, 0.1) is 13.8 Å². The predicted octanol–water partition coefficient (Wildman–Crippen LogP) is 3.14. The van der Waals surface area contributed by atoms with Crippen LogP contribution in [0.4, 0.5) is 5.69 Å². The van der Waals surface area contributed by atoms with Gasteiger partial charge in [-0.1, -0.05) is 17.3 Å². The fraction of sp³-hybridized carbons (Fsp3) is 0.304. The molecule has 1 amide bonds. The predicted molar refractivity (Wildman–Crippen MR) is 121 cm³/mol. The quantitative estimate of drug-likeness (QED) is 0.563. The first-order chi connectivity index (χ1) is 15.8. The first-order valence-electron chi connectivity index (χ1n) is 10.5. The Morgan fingerprint density at radius 2 is 1.88 bits per heavy atom. The topological polar surface area (TPSA) is 111 Å². The highest BCUT2D eigenvalue weighted by Crippen LogP contribution is 2.22. The van der Waals surface area contributed by atoms with Crippen LogP contribution in [-0.2, 0) is 21.4 Å². The Balaban J connectivity index is 1.45. The third-order valence-electron chi connectivity index (χ3n) is 5.36. The largest absolute Gasteiger partial charge is 0.489 e. The van der Waals surface area contributed by atoms with Gasteiger partial charge in [0.25, 0.3) is 5.91 Å². The van der Waals surface area contributed by atoms with Gasteiger partial charge in [0, 0.05) is 24.3 Å². The number of amides is 1. The molecule has 2 aromatic carbocycles. The molecule has 9 nitrogen and oxygen atoms in total. The molecule has 0 aliphatic carbocycles. The van der Waals surface area contributed by atoms with Gasteiger partial charge in [-0.25, -0.2) is 8.42 Å². The van der Waals surface area contributed by atoms with E-state index in [4.69, 9.17) is 14.0 Å². The third-order valence-corrected chi connectivity index (χ3v) is 7.25. The number of benzene rings is 2. The summed E-state index contributed by atoms with van der Waals surface area (Å²) in [5.74, 6) is 0.832. The smallest absolute Gasteiger partial charge is 0.255 e. The monoisotopic (exact) mass is 471 g/mol. The first-order valence-corrected chi connectivity index (χ1v) is 11.9. The van der Waals surface area contributed by atoms with Crippen molar-refractivity contribution in [1.29, 1.82) is 0 Å². The number of nitrogens with zero attached hydrogens (tertiary/aromatic N) is 2. The highest BCUT2D eigenvalue weighted by atomic mass is 32.2. The van der Waals surface area contributed by atoms with E-state index >= 15 is 0 Å². The minimum atomic E-state index is -3.66. The minimum Gasteiger partial charge on any atom is -0.489 e. The van der Waals surface area contributed by atoms with E-state index in [9.17, 15) is 13.2 Å². The van der Waals surface area contributed by atoms with Crippen molar-refractivity contribution < 1.29 is 27.2 Å². The Kier molecular flexibility index (Phi) is 6.77. The molecule has 1 aliphatic heterocycles. The highest BCUT2D eigenvalue weighted by Gasteiger charge is 2.26. The summed E-state index contributed by atoms with van der Waals surface area (Å²) < 4.78 is 43.3. The van der Waals surface area contributed by atoms with Gasteiger partial charge in [-0.3, -0.25) is 4.79 Å². The average molecular weight is 472 g/mol. The number of nitrogens with one attached hydrogen (secondary N) is 1. The molecule has 4 rings (SSSR count). The highest BCUT2D eigenvalue weighted by molar-refractivity contribution is 7.89. The molecule has 2 heterocycles. The molecule has 1 saturated heterocycles. The summed E-state index contributed by atoms with van der Waals surface area (Å²) in [6.45, 7) is 5.27. The molecule has 1 N–H and O–H groups in total. The Labute approximate surface area is 192 Å². The van der Waals surface area contributed by atoms with E-state index in [1.807, 2.05) is 13.8 Å². The van der Waals surface area contributed by atoms with Crippen LogP contribution in [0.5, 0.6) is 5.75 Å². The number of hydrogen-bond donors (Lipinski definition) is 1. The standard InChI is InChI=1S/C23H25N3O6S/c1-16-22(17(2)32-25-16)15-31-20-7-3-5-18(13-20)23(27)24-19-6-4-8-21(14-19)33(28,29)26-9-11-30-12-10-26/h3-8,13-14H,9-12,15H2,1-2H3,(H,24,27). The number of sulfonamides is 1. The number of rotatable bonds is 7. The normalized spacial score (nSPS) is 14.7. The lowest BCUT2D eigenvalue weighted by Crippen LogP contribution is -2.40. The van der Waals surface area contributed by atoms with Crippen LogP contribution in [0.15, 0.2) is 57.9 Å². The Hall–Kier alpha value is -3.21. The molecule has 0 unspecified atom stereocenters. The van der Waals surface area contributed by atoms with Crippen molar-refractivity contribution in [2.75, 3.05) is 31.6 Å². The van der Waals surface area contributed by atoms with Crippen LogP contribution in [0.2, 0.25) is 0 Å². The average Bonchev–Trinajstić information content (AvgIpc) is 3.15. The van der Waals surface area contributed by atoms with Crippen molar-refractivity contribution in [3.63, 3.8) is 0 Å². The van der Waals surface area contributed by atoms with Gasteiger partial charge >= 0.3 is 0 Å². The van der Waals surface area contributed by atoms with Gasteiger partial charge in [0.1, 0.15) is 18.1 Å². The summed E-state index contributed by atoms with van der Waals surface area (Å²) in [7, 11) is -3.66. The zero-order valence-electron chi connectivity index (χ0n) is 18.4. The van der Waals surface area contributed by atoms with E-state index in [1.54, 1.807) is 36.4 Å². The maximum atomic E-state index is 12.9. The number of aromatic nitrogens is 1. The molecule has 3 aromatic rings. The van der Waals surface area contributed by atoms with Crippen LogP contribution in [-0.4, -0.2) is 50.1 Å². The Bertz CT molecular complexity index is 1230. The van der Waals surface area contributed by atoms with Crippen LogP contribution in [0.3, 0.4) is 0 Å². The van der Waals surface area contributed by atoms with E-state index in [0.29, 0.717) is 49.1 Å². The maximum Gasteiger partial charge on any atom is 0.255 e. The number of aryl methyl sites for hydroxylation is 2. The van der Waals surface area contributed by atoms with Crippen molar-refractivity contribution in [3.8, 4) is 5.75 Å². The molecule has 174 valence electrons. The van der Waals surface area contributed by atoms with E-state index < -0.39 is 10.0 Å². The maximum absolute atomic E-state index is 12.9. The second kappa shape index (κ2) is 9.74. The van der Waals surface area contributed by atoms with E-state index in [-0.39, 0.29) is 17.4 Å². The number of carbonyl (C=O) groups excluding carboxylic acids is 1. The van der Waals surface area contributed by atoms with Crippen molar-refractivity contribution in [1.82, 2.24) is 9.46 Å². The molecule has 0 spiro atoms. The Morgan fingerprint density at radius 3 is 2.61 bits per heavy atom. The molecule has 0 atom stereocenters. The van der Waals surface area contributed by atoms with E-state index in [2.05, 4.69) is 10.5 Å². The number of carbonyl (C=O) groups is 1. The summed E-state index contributed by atoms with van der Waals surface area (Å²) in [6.07, 6.45) is 0. The Morgan fingerprint density at radius 1 is 1.12 bits per heavy atom. The van der Waals surface area contributed by atoms with Gasteiger partial charge in [-0.2, -0.15) is 4.31 Å². The van der Waals surface area contributed by atoms with Gasteiger partial charge in [-0.05, 0) is 50.2 Å². The molecule has 1 aromatic heterocycles. The summed E-state index contributed by atoms with van der Waals surface area (Å²) in [6, 6.07) is 13.0. The molecule has 33 heavy (non-hydrogen) atoms. The van der Waals surface area contributed by atoms with Gasteiger partial charge in [0.05, 0.1) is 29.4 Å².